The van der Waals surface area contributed by atoms with E-state index >= 15 is 0 Å². The molecule has 0 saturated heterocycles. The minimum Gasteiger partial charge on any atom is -0.454 e. The van der Waals surface area contributed by atoms with E-state index < -0.39 is 0 Å². The molecule has 0 bridgehead atoms. The third-order valence-electron chi connectivity index (χ3n) is 3.96. The van der Waals surface area contributed by atoms with Gasteiger partial charge in [-0.2, -0.15) is 0 Å². The summed E-state index contributed by atoms with van der Waals surface area (Å²) in [5.41, 5.74) is 3.91. The minimum atomic E-state index is 0.254. The van der Waals surface area contributed by atoms with Crippen molar-refractivity contribution in [2.24, 2.45) is 0 Å². The lowest BCUT2D eigenvalue weighted by Gasteiger charge is -2.06. The van der Waals surface area contributed by atoms with Crippen molar-refractivity contribution < 1.29 is 9.47 Å². The number of aromatic amines is 1. The highest BCUT2D eigenvalue weighted by atomic mass is 16.7. The molecule has 1 aliphatic rings. The van der Waals surface area contributed by atoms with Crippen molar-refractivity contribution in [1.29, 1.82) is 0 Å². The predicted octanol–water partition coefficient (Wildman–Crippen LogP) is 3.51. The van der Waals surface area contributed by atoms with Crippen LogP contribution in [-0.4, -0.2) is 21.7 Å². The van der Waals surface area contributed by atoms with Gasteiger partial charge in [0.2, 0.25) is 6.79 Å². The zero-order chi connectivity index (χ0) is 14.5. The molecule has 1 aliphatic heterocycles. The van der Waals surface area contributed by atoms with Crippen LogP contribution >= 0.6 is 0 Å². The molecule has 0 aliphatic carbocycles. The Morgan fingerprint density at radius 3 is 2.82 bits per heavy atom. The number of H-pyrrole nitrogens is 1. The van der Waals surface area contributed by atoms with Gasteiger partial charge in [0.1, 0.15) is 6.33 Å². The van der Waals surface area contributed by atoms with Crippen LogP contribution in [-0.2, 0) is 0 Å². The third kappa shape index (κ3) is 1.59. The summed E-state index contributed by atoms with van der Waals surface area (Å²) < 4.78 is 10.9. The maximum absolute atomic E-state index is 5.47. The number of fused-ring (bicyclic) bond motifs is 3. The summed E-state index contributed by atoms with van der Waals surface area (Å²) in [4.78, 5) is 12.0. The van der Waals surface area contributed by atoms with Gasteiger partial charge in [-0.1, -0.05) is 6.07 Å². The van der Waals surface area contributed by atoms with E-state index in [1.807, 2.05) is 18.3 Å². The molecule has 0 radical (unpaired) electrons. The van der Waals surface area contributed by atoms with Gasteiger partial charge in [-0.25, -0.2) is 9.97 Å². The molecule has 5 nitrogen and oxygen atoms in total. The molecule has 106 valence electrons. The Balaban J connectivity index is 1.79. The first-order chi connectivity index (χ1) is 10.9. The second-order valence-corrected chi connectivity index (χ2v) is 5.22. The summed E-state index contributed by atoms with van der Waals surface area (Å²) in [5.74, 6) is 1.48. The van der Waals surface area contributed by atoms with Crippen molar-refractivity contribution >= 4 is 21.8 Å². The van der Waals surface area contributed by atoms with Crippen LogP contribution in [0.3, 0.4) is 0 Å². The van der Waals surface area contributed by atoms with E-state index in [0.29, 0.717) is 0 Å². The second-order valence-electron chi connectivity index (χ2n) is 5.22. The van der Waals surface area contributed by atoms with Gasteiger partial charge in [-0.3, -0.25) is 0 Å². The van der Waals surface area contributed by atoms with Gasteiger partial charge in [0.05, 0.1) is 11.2 Å². The fraction of sp³-hybridized carbons (Fsp3) is 0.0588. The standard InChI is InChI=1S/C17H11N3O2/c1-2-13-10(3-4-18-13)5-11(1)17-12-6-15-16(22-9-21-15)7-14(12)19-8-20-17/h1-8,18H,9H2. The highest BCUT2D eigenvalue weighted by Crippen LogP contribution is 2.38. The molecule has 0 fully saturated rings. The number of hydrogen-bond acceptors (Lipinski definition) is 4. The summed E-state index contributed by atoms with van der Waals surface area (Å²) >= 11 is 0. The van der Waals surface area contributed by atoms with Crippen molar-refractivity contribution in [3.05, 3.63) is 48.9 Å². The number of ether oxygens (including phenoxy) is 2. The molecule has 3 heterocycles. The van der Waals surface area contributed by atoms with Gasteiger partial charge in [0, 0.05) is 34.1 Å². The molecular formula is C17H11N3O2. The number of hydrogen-bond donors (Lipinski definition) is 1. The summed E-state index contributed by atoms with van der Waals surface area (Å²) in [6, 6.07) is 12.2. The lowest BCUT2D eigenvalue weighted by Crippen LogP contribution is -1.92. The Hall–Kier alpha value is -3.08. The van der Waals surface area contributed by atoms with Crippen LogP contribution in [0.1, 0.15) is 0 Å². The highest BCUT2D eigenvalue weighted by Gasteiger charge is 2.17. The van der Waals surface area contributed by atoms with E-state index in [4.69, 9.17) is 9.47 Å². The van der Waals surface area contributed by atoms with E-state index in [2.05, 4.69) is 39.2 Å². The first kappa shape index (κ1) is 11.6. The Morgan fingerprint density at radius 2 is 1.86 bits per heavy atom. The maximum atomic E-state index is 5.47. The molecule has 22 heavy (non-hydrogen) atoms. The van der Waals surface area contributed by atoms with Crippen LogP contribution < -0.4 is 9.47 Å². The topological polar surface area (TPSA) is 60.0 Å². The van der Waals surface area contributed by atoms with Crippen LogP contribution in [0.5, 0.6) is 11.5 Å². The zero-order valence-corrected chi connectivity index (χ0v) is 11.5. The summed E-state index contributed by atoms with van der Waals surface area (Å²) in [7, 11) is 0. The Bertz CT molecular complexity index is 1020. The van der Waals surface area contributed by atoms with Crippen molar-refractivity contribution in [2.75, 3.05) is 6.79 Å². The van der Waals surface area contributed by atoms with Crippen LogP contribution in [0.15, 0.2) is 48.9 Å². The van der Waals surface area contributed by atoms with Gasteiger partial charge in [0.25, 0.3) is 0 Å². The molecule has 2 aromatic heterocycles. The van der Waals surface area contributed by atoms with E-state index in [9.17, 15) is 0 Å². The largest absolute Gasteiger partial charge is 0.454 e. The molecule has 2 aromatic carbocycles. The van der Waals surface area contributed by atoms with Gasteiger partial charge < -0.3 is 14.5 Å². The number of rotatable bonds is 1. The molecule has 5 rings (SSSR count). The predicted molar refractivity (Wildman–Crippen MR) is 83.0 cm³/mol. The van der Waals surface area contributed by atoms with Crippen molar-refractivity contribution in [3.63, 3.8) is 0 Å². The Kier molecular flexibility index (Phi) is 2.21. The Labute approximate surface area is 125 Å². The zero-order valence-electron chi connectivity index (χ0n) is 11.5. The molecule has 4 aromatic rings. The van der Waals surface area contributed by atoms with Gasteiger partial charge in [-0.05, 0) is 24.3 Å². The summed E-state index contributed by atoms with van der Waals surface area (Å²) in [6.45, 7) is 0.254. The smallest absolute Gasteiger partial charge is 0.231 e. The molecule has 5 heteroatoms. The van der Waals surface area contributed by atoms with E-state index in [-0.39, 0.29) is 6.79 Å². The number of aromatic nitrogens is 3. The molecule has 1 N–H and O–H groups in total. The number of nitrogens with one attached hydrogen (secondary N) is 1. The fourth-order valence-electron chi connectivity index (χ4n) is 2.88. The molecular weight excluding hydrogens is 278 g/mol. The van der Waals surface area contributed by atoms with Crippen LogP contribution in [0, 0.1) is 0 Å². The number of nitrogens with zero attached hydrogens (tertiary/aromatic N) is 2. The van der Waals surface area contributed by atoms with E-state index in [1.54, 1.807) is 6.33 Å². The Morgan fingerprint density at radius 1 is 0.955 bits per heavy atom. The average molecular weight is 289 g/mol. The third-order valence-corrected chi connectivity index (χ3v) is 3.96. The highest BCUT2D eigenvalue weighted by molar-refractivity contribution is 5.96. The lowest BCUT2D eigenvalue weighted by molar-refractivity contribution is 0.174. The SMILES string of the molecule is c1nc(-c2ccc3[nH]ccc3c2)c2cc3c(cc2n1)OCO3. The molecule has 0 unspecified atom stereocenters. The van der Waals surface area contributed by atoms with Crippen molar-refractivity contribution in [1.82, 2.24) is 15.0 Å². The van der Waals surface area contributed by atoms with Crippen LogP contribution in [0.2, 0.25) is 0 Å². The maximum Gasteiger partial charge on any atom is 0.231 e. The van der Waals surface area contributed by atoms with Gasteiger partial charge >= 0.3 is 0 Å². The normalized spacial score (nSPS) is 13.1. The van der Waals surface area contributed by atoms with Crippen molar-refractivity contribution in [3.8, 4) is 22.8 Å². The lowest BCUT2D eigenvalue weighted by atomic mass is 10.0. The monoisotopic (exact) mass is 289 g/mol. The molecule has 0 saturated carbocycles. The number of benzene rings is 2. The van der Waals surface area contributed by atoms with E-state index in [0.717, 1.165) is 44.6 Å². The summed E-state index contributed by atoms with van der Waals surface area (Å²) in [6.07, 6.45) is 3.52. The first-order valence-electron chi connectivity index (χ1n) is 7.00. The van der Waals surface area contributed by atoms with Gasteiger partial charge in [-0.15, -0.1) is 0 Å². The minimum absolute atomic E-state index is 0.254. The fourth-order valence-corrected chi connectivity index (χ4v) is 2.88. The van der Waals surface area contributed by atoms with Crippen molar-refractivity contribution in [2.45, 2.75) is 0 Å². The average Bonchev–Trinajstić information content (AvgIpc) is 3.19. The van der Waals surface area contributed by atoms with E-state index in [1.165, 1.54) is 0 Å². The quantitative estimate of drug-likeness (QED) is 0.582. The summed E-state index contributed by atoms with van der Waals surface area (Å²) in [5, 5.41) is 2.12. The van der Waals surface area contributed by atoms with Gasteiger partial charge in [0.15, 0.2) is 11.5 Å². The molecule has 0 amide bonds. The van der Waals surface area contributed by atoms with Crippen LogP contribution in [0.25, 0.3) is 33.1 Å². The second kappa shape index (κ2) is 4.21. The first-order valence-corrected chi connectivity index (χ1v) is 7.00. The molecule has 0 spiro atoms. The molecule has 0 atom stereocenters. The van der Waals surface area contributed by atoms with Crippen LogP contribution in [0.4, 0.5) is 0 Å².